The largest absolute Gasteiger partial charge is 0.478 e. The zero-order valence-electron chi connectivity index (χ0n) is 10.6. The van der Waals surface area contributed by atoms with E-state index in [9.17, 15) is 26.4 Å². The molecule has 0 bridgehead atoms. The van der Waals surface area contributed by atoms with Gasteiger partial charge in [0.15, 0.2) is 0 Å². The normalized spacial score (nSPS) is 12.1. The van der Waals surface area contributed by atoms with Gasteiger partial charge in [-0.2, -0.15) is 13.2 Å². The highest BCUT2D eigenvalue weighted by Crippen LogP contribution is 2.24. The molecule has 0 radical (unpaired) electrons. The molecular weight excluding hydrogens is 313 g/mol. The lowest BCUT2D eigenvalue weighted by Gasteiger charge is -2.11. The Labute approximate surface area is 118 Å². The summed E-state index contributed by atoms with van der Waals surface area (Å²) in [5.41, 5.74) is 5.15. The van der Waals surface area contributed by atoms with Crippen molar-refractivity contribution < 1.29 is 31.5 Å². The van der Waals surface area contributed by atoms with Crippen molar-refractivity contribution in [2.75, 3.05) is 16.2 Å². The van der Waals surface area contributed by atoms with Gasteiger partial charge in [0.1, 0.15) is 0 Å². The van der Waals surface area contributed by atoms with Crippen LogP contribution in [0.25, 0.3) is 0 Å². The first-order valence-electron chi connectivity index (χ1n) is 5.70. The number of benzene rings is 1. The van der Waals surface area contributed by atoms with Crippen LogP contribution in [0.15, 0.2) is 18.2 Å². The summed E-state index contributed by atoms with van der Waals surface area (Å²) in [5, 5.41) is 8.72. The van der Waals surface area contributed by atoms with Crippen molar-refractivity contribution in [2.24, 2.45) is 0 Å². The number of carboxylic acid groups (broad SMARTS) is 1. The van der Waals surface area contributed by atoms with Crippen molar-refractivity contribution in [3.05, 3.63) is 23.8 Å². The molecule has 6 nitrogen and oxygen atoms in total. The first kappa shape index (κ1) is 17.1. The van der Waals surface area contributed by atoms with Crippen LogP contribution in [0.1, 0.15) is 23.2 Å². The number of nitrogen functional groups attached to an aromatic ring is 1. The van der Waals surface area contributed by atoms with E-state index >= 15 is 0 Å². The highest BCUT2D eigenvalue weighted by atomic mass is 32.2. The molecule has 1 aromatic rings. The van der Waals surface area contributed by atoms with Gasteiger partial charge in [0.2, 0.25) is 10.0 Å². The van der Waals surface area contributed by atoms with E-state index in [1.165, 1.54) is 0 Å². The molecule has 118 valence electrons. The van der Waals surface area contributed by atoms with Crippen molar-refractivity contribution in [3.63, 3.8) is 0 Å². The molecule has 21 heavy (non-hydrogen) atoms. The van der Waals surface area contributed by atoms with Crippen LogP contribution in [0.5, 0.6) is 0 Å². The van der Waals surface area contributed by atoms with Crippen LogP contribution < -0.4 is 10.5 Å². The molecule has 1 rings (SSSR count). The highest BCUT2D eigenvalue weighted by Gasteiger charge is 2.27. The molecule has 0 fully saturated rings. The third-order valence-corrected chi connectivity index (χ3v) is 3.79. The average molecular weight is 326 g/mol. The molecule has 0 aliphatic rings. The van der Waals surface area contributed by atoms with Gasteiger partial charge in [-0.05, 0) is 24.6 Å². The first-order valence-corrected chi connectivity index (χ1v) is 7.35. The smallest absolute Gasteiger partial charge is 0.389 e. The number of hydrogen-bond acceptors (Lipinski definition) is 4. The van der Waals surface area contributed by atoms with Gasteiger partial charge in [-0.3, -0.25) is 4.72 Å². The third kappa shape index (κ3) is 5.90. The van der Waals surface area contributed by atoms with Gasteiger partial charge >= 0.3 is 12.1 Å². The van der Waals surface area contributed by atoms with Gasteiger partial charge in [0.05, 0.1) is 22.7 Å². The van der Waals surface area contributed by atoms with Crippen LogP contribution in [0, 0.1) is 0 Å². The summed E-state index contributed by atoms with van der Waals surface area (Å²) in [6, 6.07) is 3.32. The van der Waals surface area contributed by atoms with Gasteiger partial charge in [-0.15, -0.1) is 0 Å². The van der Waals surface area contributed by atoms with E-state index in [4.69, 9.17) is 10.8 Å². The van der Waals surface area contributed by atoms with Gasteiger partial charge < -0.3 is 10.8 Å². The van der Waals surface area contributed by atoms with Crippen molar-refractivity contribution in [3.8, 4) is 0 Å². The van der Waals surface area contributed by atoms with E-state index in [1.807, 2.05) is 4.72 Å². The molecule has 1 aromatic carbocycles. The fraction of sp³-hybridized carbons (Fsp3) is 0.364. The van der Waals surface area contributed by atoms with Crippen LogP contribution in [-0.2, 0) is 10.0 Å². The minimum Gasteiger partial charge on any atom is -0.478 e. The Bertz CT molecular complexity index is 629. The Morgan fingerprint density at radius 1 is 1.33 bits per heavy atom. The number of hydrogen-bond donors (Lipinski definition) is 3. The van der Waals surface area contributed by atoms with Gasteiger partial charge in [0, 0.05) is 6.42 Å². The predicted octanol–water partition coefficient (Wildman–Crippen LogP) is 2.05. The van der Waals surface area contributed by atoms with E-state index < -0.39 is 40.8 Å². The fourth-order valence-corrected chi connectivity index (χ4v) is 2.62. The molecule has 0 amide bonds. The molecule has 0 aliphatic carbocycles. The Balaban J connectivity index is 2.73. The number of nitrogens with one attached hydrogen (secondary N) is 1. The Kier molecular flexibility index (Phi) is 5.05. The number of carbonyl (C=O) groups is 1. The minimum atomic E-state index is -4.42. The highest BCUT2D eigenvalue weighted by molar-refractivity contribution is 7.92. The lowest BCUT2D eigenvalue weighted by Crippen LogP contribution is -2.19. The second-order valence-corrected chi connectivity index (χ2v) is 6.09. The number of anilines is 2. The lowest BCUT2D eigenvalue weighted by atomic mass is 10.2. The number of nitrogens with two attached hydrogens (primary N) is 1. The number of rotatable bonds is 6. The van der Waals surface area contributed by atoms with Crippen LogP contribution in [0.2, 0.25) is 0 Å². The molecule has 0 unspecified atom stereocenters. The molecule has 10 heteroatoms. The molecule has 0 saturated heterocycles. The summed E-state index contributed by atoms with van der Waals surface area (Å²) < 4.78 is 61.1. The topological polar surface area (TPSA) is 109 Å². The number of carboxylic acids is 1. The van der Waals surface area contributed by atoms with Gasteiger partial charge in [0.25, 0.3) is 0 Å². The SMILES string of the molecule is Nc1cc(C(=O)O)ccc1NS(=O)(=O)CCCC(F)(F)F. The molecule has 0 atom stereocenters. The standard InChI is InChI=1S/C11H13F3N2O4S/c12-11(13,14)4-1-5-21(19,20)16-9-3-2-7(10(17)18)6-8(9)15/h2-3,6,16H,1,4-5,15H2,(H,17,18). The van der Waals surface area contributed by atoms with Gasteiger partial charge in [-0.1, -0.05) is 0 Å². The zero-order valence-corrected chi connectivity index (χ0v) is 11.5. The summed E-state index contributed by atoms with van der Waals surface area (Å²) in [7, 11) is -3.99. The summed E-state index contributed by atoms with van der Waals surface area (Å²) >= 11 is 0. The summed E-state index contributed by atoms with van der Waals surface area (Å²) in [5.74, 6) is -1.95. The molecular formula is C11H13F3N2O4S. The molecule has 0 aromatic heterocycles. The second kappa shape index (κ2) is 6.20. The van der Waals surface area contributed by atoms with Crippen molar-refractivity contribution in [2.45, 2.75) is 19.0 Å². The molecule has 4 N–H and O–H groups in total. The third-order valence-electron chi connectivity index (χ3n) is 2.44. The van der Waals surface area contributed by atoms with Crippen LogP contribution >= 0.6 is 0 Å². The zero-order chi connectivity index (χ0) is 16.3. The number of aromatic carboxylic acids is 1. The van der Waals surface area contributed by atoms with E-state index in [0.717, 1.165) is 18.2 Å². The maximum absolute atomic E-state index is 12.0. The van der Waals surface area contributed by atoms with Crippen LogP contribution in [-0.4, -0.2) is 31.4 Å². The second-order valence-electron chi connectivity index (χ2n) is 4.25. The Morgan fingerprint density at radius 3 is 2.43 bits per heavy atom. The molecule has 0 aliphatic heterocycles. The predicted molar refractivity (Wildman–Crippen MR) is 70.5 cm³/mol. The molecule has 0 heterocycles. The van der Waals surface area contributed by atoms with E-state index in [1.54, 1.807) is 0 Å². The summed E-state index contributed by atoms with van der Waals surface area (Å²) in [4.78, 5) is 10.7. The number of sulfonamides is 1. The maximum atomic E-state index is 12.0. The lowest BCUT2D eigenvalue weighted by molar-refractivity contribution is -0.134. The van der Waals surface area contributed by atoms with E-state index in [-0.39, 0.29) is 16.9 Å². The minimum absolute atomic E-state index is 0.0768. The summed E-state index contributed by atoms with van der Waals surface area (Å²) in [6.07, 6.45) is -6.20. The van der Waals surface area contributed by atoms with Crippen LogP contribution in [0.3, 0.4) is 0 Å². The number of alkyl halides is 3. The Morgan fingerprint density at radius 2 is 1.95 bits per heavy atom. The average Bonchev–Trinajstić information content (AvgIpc) is 2.29. The quantitative estimate of drug-likeness (QED) is 0.693. The molecule has 0 spiro atoms. The van der Waals surface area contributed by atoms with Crippen molar-refractivity contribution >= 4 is 27.4 Å². The van der Waals surface area contributed by atoms with Crippen molar-refractivity contribution in [1.82, 2.24) is 0 Å². The van der Waals surface area contributed by atoms with Crippen molar-refractivity contribution in [1.29, 1.82) is 0 Å². The molecule has 0 saturated carbocycles. The van der Waals surface area contributed by atoms with Gasteiger partial charge in [-0.25, -0.2) is 13.2 Å². The maximum Gasteiger partial charge on any atom is 0.389 e. The van der Waals surface area contributed by atoms with Crippen LogP contribution in [0.4, 0.5) is 24.5 Å². The number of halogens is 3. The fourth-order valence-electron chi connectivity index (χ4n) is 1.47. The summed E-state index contributed by atoms with van der Waals surface area (Å²) in [6.45, 7) is 0. The van der Waals surface area contributed by atoms with E-state index in [0.29, 0.717) is 0 Å². The monoisotopic (exact) mass is 326 g/mol. The van der Waals surface area contributed by atoms with E-state index in [2.05, 4.69) is 0 Å². The Hall–Kier alpha value is -1.97. The first-order chi connectivity index (χ1) is 9.50.